The lowest BCUT2D eigenvalue weighted by atomic mass is 9.75. The van der Waals surface area contributed by atoms with E-state index in [2.05, 4.69) is 13.8 Å². The molecule has 2 rings (SSSR count). The predicted molar refractivity (Wildman–Crippen MR) is 67.0 cm³/mol. The van der Waals surface area contributed by atoms with Gasteiger partial charge in [-0.2, -0.15) is 0 Å². The molecule has 0 fully saturated rings. The highest BCUT2D eigenvalue weighted by Crippen LogP contribution is 2.40. The van der Waals surface area contributed by atoms with E-state index in [4.69, 9.17) is 10.5 Å². The van der Waals surface area contributed by atoms with Crippen LogP contribution in [0.15, 0.2) is 12.3 Å². The van der Waals surface area contributed by atoms with Gasteiger partial charge in [-0.25, -0.2) is 4.79 Å². The molecule has 0 bridgehead atoms. The number of amides is 1. The molecular weight excluding hydrogens is 232 g/mol. The van der Waals surface area contributed by atoms with Gasteiger partial charge in [-0.1, -0.05) is 13.8 Å². The van der Waals surface area contributed by atoms with Gasteiger partial charge in [-0.3, -0.25) is 0 Å². The third-order valence-electron chi connectivity index (χ3n) is 3.44. The SMILES string of the molecule is CC1(C)Cc2c(ccn2CCOC(N)=O)C(O)C1. The van der Waals surface area contributed by atoms with Gasteiger partial charge in [0.25, 0.3) is 0 Å². The zero-order valence-electron chi connectivity index (χ0n) is 10.8. The zero-order chi connectivity index (χ0) is 13.3. The Morgan fingerprint density at radius 2 is 2.39 bits per heavy atom. The van der Waals surface area contributed by atoms with Gasteiger partial charge in [0, 0.05) is 17.5 Å². The molecule has 3 N–H and O–H groups in total. The van der Waals surface area contributed by atoms with Crippen LogP contribution in [0.25, 0.3) is 0 Å². The highest BCUT2D eigenvalue weighted by molar-refractivity contribution is 5.64. The molecule has 1 aromatic rings. The number of hydrogen-bond acceptors (Lipinski definition) is 3. The molecular formula is C13H20N2O3. The number of carbonyl (C=O) groups excluding carboxylic acids is 1. The third kappa shape index (κ3) is 2.67. The van der Waals surface area contributed by atoms with E-state index in [1.165, 1.54) is 0 Å². The van der Waals surface area contributed by atoms with Gasteiger partial charge in [0.05, 0.1) is 12.6 Å². The Labute approximate surface area is 107 Å². The summed E-state index contributed by atoms with van der Waals surface area (Å²) in [4.78, 5) is 10.5. The molecule has 1 aliphatic rings. The fourth-order valence-electron chi connectivity index (χ4n) is 2.64. The van der Waals surface area contributed by atoms with E-state index >= 15 is 0 Å². The van der Waals surface area contributed by atoms with Crippen LogP contribution < -0.4 is 5.73 Å². The molecule has 1 atom stereocenters. The van der Waals surface area contributed by atoms with Crippen molar-refractivity contribution in [3.63, 3.8) is 0 Å². The summed E-state index contributed by atoms with van der Waals surface area (Å²) < 4.78 is 6.77. The molecule has 1 unspecified atom stereocenters. The molecule has 18 heavy (non-hydrogen) atoms. The first-order valence-electron chi connectivity index (χ1n) is 6.17. The Hall–Kier alpha value is -1.49. The van der Waals surface area contributed by atoms with Gasteiger partial charge in [0.2, 0.25) is 0 Å². The average Bonchev–Trinajstić information content (AvgIpc) is 2.59. The van der Waals surface area contributed by atoms with Crippen LogP contribution in [0.4, 0.5) is 4.79 Å². The van der Waals surface area contributed by atoms with Crippen molar-refractivity contribution in [1.29, 1.82) is 0 Å². The van der Waals surface area contributed by atoms with Crippen molar-refractivity contribution in [2.45, 2.75) is 39.3 Å². The second-order valence-electron chi connectivity index (χ2n) is 5.64. The lowest BCUT2D eigenvalue weighted by molar-refractivity contribution is 0.0971. The summed E-state index contributed by atoms with van der Waals surface area (Å²) in [7, 11) is 0. The van der Waals surface area contributed by atoms with Crippen LogP contribution in [-0.2, 0) is 17.7 Å². The van der Waals surface area contributed by atoms with E-state index < -0.39 is 12.2 Å². The number of nitrogens with two attached hydrogens (primary N) is 1. The predicted octanol–water partition coefficient (Wildman–Crippen LogP) is 1.59. The Morgan fingerprint density at radius 1 is 1.67 bits per heavy atom. The first-order valence-corrected chi connectivity index (χ1v) is 6.17. The van der Waals surface area contributed by atoms with Crippen LogP contribution in [0.2, 0.25) is 0 Å². The molecule has 0 saturated heterocycles. The standard InChI is InChI=1S/C13H20N2O3/c1-13(2)7-10-9(11(16)8-13)3-4-15(10)5-6-18-12(14)17/h3-4,11,16H,5-8H2,1-2H3,(H2,14,17). The largest absolute Gasteiger partial charge is 0.448 e. The van der Waals surface area contributed by atoms with Gasteiger partial charge >= 0.3 is 6.09 Å². The highest BCUT2D eigenvalue weighted by atomic mass is 16.5. The van der Waals surface area contributed by atoms with Gasteiger partial charge in [0.1, 0.15) is 6.61 Å². The Morgan fingerprint density at radius 3 is 3.06 bits per heavy atom. The van der Waals surface area contributed by atoms with Crippen LogP contribution in [-0.4, -0.2) is 22.4 Å². The lowest BCUT2D eigenvalue weighted by Crippen LogP contribution is -2.27. The van der Waals surface area contributed by atoms with E-state index in [9.17, 15) is 9.90 Å². The van der Waals surface area contributed by atoms with Crippen LogP contribution in [0.1, 0.15) is 37.6 Å². The number of aliphatic hydroxyl groups excluding tert-OH is 1. The summed E-state index contributed by atoms with van der Waals surface area (Å²) in [6.07, 6.45) is 2.48. The second kappa shape index (κ2) is 4.65. The van der Waals surface area contributed by atoms with Gasteiger partial charge in [-0.15, -0.1) is 0 Å². The third-order valence-corrected chi connectivity index (χ3v) is 3.44. The summed E-state index contributed by atoms with van der Waals surface area (Å²) in [5.74, 6) is 0. The van der Waals surface area contributed by atoms with Crippen LogP contribution in [0, 0.1) is 5.41 Å². The maximum absolute atomic E-state index is 10.5. The molecule has 1 aliphatic carbocycles. The lowest BCUT2D eigenvalue weighted by Gasteiger charge is -2.33. The van der Waals surface area contributed by atoms with E-state index in [1.807, 2.05) is 16.8 Å². The number of carbonyl (C=O) groups is 1. The van der Waals surface area contributed by atoms with Crippen molar-refractivity contribution in [2.24, 2.45) is 11.1 Å². The summed E-state index contributed by atoms with van der Waals surface area (Å²) in [6, 6.07) is 1.94. The van der Waals surface area contributed by atoms with Crippen molar-refractivity contribution in [3.05, 3.63) is 23.5 Å². The van der Waals surface area contributed by atoms with Crippen molar-refractivity contribution < 1.29 is 14.6 Å². The molecule has 1 amide bonds. The molecule has 5 heteroatoms. The topological polar surface area (TPSA) is 77.5 Å². The Bertz CT molecular complexity index is 451. The molecule has 0 aliphatic heterocycles. The van der Waals surface area contributed by atoms with Crippen molar-refractivity contribution in [1.82, 2.24) is 4.57 Å². The zero-order valence-corrected chi connectivity index (χ0v) is 10.8. The number of hydrogen-bond donors (Lipinski definition) is 2. The molecule has 1 heterocycles. The number of nitrogens with zero attached hydrogens (tertiary/aromatic N) is 1. The minimum absolute atomic E-state index is 0.0903. The molecule has 0 aromatic carbocycles. The van der Waals surface area contributed by atoms with Gasteiger partial charge in [-0.05, 0) is 24.3 Å². The molecule has 0 spiro atoms. The van der Waals surface area contributed by atoms with Crippen LogP contribution >= 0.6 is 0 Å². The molecule has 5 nitrogen and oxygen atoms in total. The number of primary amides is 1. The number of rotatable bonds is 3. The Kier molecular flexibility index (Phi) is 3.34. The van der Waals surface area contributed by atoms with E-state index in [1.54, 1.807) is 0 Å². The van der Waals surface area contributed by atoms with Crippen LogP contribution in [0.5, 0.6) is 0 Å². The first-order chi connectivity index (χ1) is 8.39. The maximum Gasteiger partial charge on any atom is 0.404 e. The average molecular weight is 252 g/mol. The maximum atomic E-state index is 10.5. The minimum atomic E-state index is -0.753. The number of fused-ring (bicyclic) bond motifs is 1. The minimum Gasteiger partial charge on any atom is -0.448 e. The van der Waals surface area contributed by atoms with E-state index in [0.717, 1.165) is 24.1 Å². The number of ether oxygens (including phenoxy) is 1. The highest BCUT2D eigenvalue weighted by Gasteiger charge is 2.33. The quantitative estimate of drug-likeness (QED) is 0.857. The van der Waals surface area contributed by atoms with Gasteiger partial charge in [0.15, 0.2) is 0 Å². The number of aromatic nitrogens is 1. The molecule has 0 radical (unpaired) electrons. The normalized spacial score (nSPS) is 21.4. The molecule has 0 saturated carbocycles. The van der Waals surface area contributed by atoms with Crippen LogP contribution in [0.3, 0.4) is 0 Å². The summed E-state index contributed by atoms with van der Waals surface area (Å²) in [6.45, 7) is 5.13. The van der Waals surface area contributed by atoms with Crippen molar-refractivity contribution in [3.8, 4) is 0 Å². The van der Waals surface area contributed by atoms with E-state index in [0.29, 0.717) is 6.54 Å². The monoisotopic (exact) mass is 252 g/mol. The first kappa shape index (κ1) is 13.0. The second-order valence-corrected chi connectivity index (χ2v) is 5.64. The fraction of sp³-hybridized carbons (Fsp3) is 0.615. The summed E-state index contributed by atoms with van der Waals surface area (Å²) >= 11 is 0. The van der Waals surface area contributed by atoms with Crippen molar-refractivity contribution >= 4 is 6.09 Å². The summed E-state index contributed by atoms with van der Waals surface area (Å²) in [5.41, 5.74) is 7.14. The molecule has 100 valence electrons. The Balaban J connectivity index is 2.12. The number of aliphatic hydroxyl groups is 1. The van der Waals surface area contributed by atoms with Crippen molar-refractivity contribution in [2.75, 3.05) is 6.61 Å². The summed E-state index contributed by atoms with van der Waals surface area (Å²) in [5, 5.41) is 10.1. The fourth-order valence-corrected chi connectivity index (χ4v) is 2.64. The molecule has 1 aromatic heterocycles. The van der Waals surface area contributed by atoms with Gasteiger partial charge < -0.3 is 20.1 Å². The smallest absolute Gasteiger partial charge is 0.404 e. The van der Waals surface area contributed by atoms with E-state index in [-0.39, 0.29) is 12.0 Å².